The van der Waals surface area contributed by atoms with Crippen LogP contribution in [0.4, 0.5) is 13.2 Å². The van der Waals surface area contributed by atoms with Crippen LogP contribution in [-0.4, -0.2) is 11.3 Å². The highest BCUT2D eigenvalue weighted by molar-refractivity contribution is 5.82. The van der Waals surface area contributed by atoms with E-state index in [9.17, 15) is 18.0 Å². The number of nitrogens with zero attached hydrogens (tertiary/aromatic N) is 1. The molecule has 1 heterocycles. The number of hydrogen-bond donors (Lipinski definition) is 1. The van der Waals surface area contributed by atoms with Crippen molar-refractivity contribution in [2.75, 3.05) is 0 Å². The molecule has 0 atom stereocenters. The molecule has 20 heavy (non-hydrogen) atoms. The van der Waals surface area contributed by atoms with Gasteiger partial charge in [0, 0.05) is 17.0 Å². The van der Waals surface area contributed by atoms with E-state index in [2.05, 4.69) is 9.72 Å². The largest absolute Gasteiger partial charge is 0.573 e. The Morgan fingerprint density at radius 2 is 2.05 bits per heavy atom. The number of aromatic amines is 1. The molecule has 7 heteroatoms. The number of hydrogen-bond acceptors (Lipinski definition) is 3. The van der Waals surface area contributed by atoms with Gasteiger partial charge in [0.2, 0.25) is 0 Å². The van der Waals surface area contributed by atoms with Crippen LogP contribution >= 0.6 is 0 Å². The van der Waals surface area contributed by atoms with Gasteiger partial charge in [-0.2, -0.15) is 5.26 Å². The van der Waals surface area contributed by atoms with Crippen molar-refractivity contribution < 1.29 is 17.9 Å². The van der Waals surface area contributed by atoms with E-state index >= 15 is 0 Å². The molecule has 1 N–H and O–H groups in total. The number of ether oxygens (including phenoxy) is 1. The molecule has 0 saturated carbocycles. The summed E-state index contributed by atoms with van der Waals surface area (Å²) in [5.74, 6) is -0.632. The quantitative estimate of drug-likeness (QED) is 0.921. The average molecular weight is 282 g/mol. The minimum Gasteiger partial charge on any atom is -0.404 e. The molecule has 0 saturated heterocycles. The highest BCUT2D eigenvalue weighted by Gasteiger charge is 2.32. The summed E-state index contributed by atoms with van der Waals surface area (Å²) in [6, 6.07) is 5.45. The second-order valence-corrected chi connectivity index (χ2v) is 4.07. The predicted octanol–water partition coefficient (Wildman–Crippen LogP) is 2.86. The van der Waals surface area contributed by atoms with Gasteiger partial charge in [0.25, 0.3) is 5.56 Å². The summed E-state index contributed by atoms with van der Waals surface area (Å²) in [5, 5.41) is 9.37. The van der Waals surface area contributed by atoms with Crippen LogP contribution in [0.15, 0.2) is 23.0 Å². The molecule has 2 rings (SSSR count). The van der Waals surface area contributed by atoms with Crippen molar-refractivity contribution in [1.82, 2.24) is 4.98 Å². The highest BCUT2D eigenvalue weighted by Crippen LogP contribution is 2.29. The second kappa shape index (κ2) is 4.89. The SMILES string of the molecule is CCc1cc2cc(C#N)c(OC(F)(F)F)cc2[nH]c1=O. The maximum Gasteiger partial charge on any atom is 0.573 e. The van der Waals surface area contributed by atoms with E-state index < -0.39 is 12.1 Å². The van der Waals surface area contributed by atoms with Crippen molar-refractivity contribution in [1.29, 1.82) is 5.26 Å². The summed E-state index contributed by atoms with van der Waals surface area (Å²) in [7, 11) is 0. The topological polar surface area (TPSA) is 65.9 Å². The lowest BCUT2D eigenvalue weighted by Crippen LogP contribution is -2.18. The Kier molecular flexibility index (Phi) is 3.40. The summed E-state index contributed by atoms with van der Waals surface area (Å²) in [5.41, 5.74) is 0.0583. The van der Waals surface area contributed by atoms with Crippen LogP contribution in [0.25, 0.3) is 10.9 Å². The summed E-state index contributed by atoms with van der Waals surface area (Å²) in [6.07, 6.45) is -4.42. The standard InChI is InChI=1S/C13H9F3N2O2/c1-2-7-3-8-4-9(6-17)11(20-13(14,15)16)5-10(8)18-12(7)19/h3-5H,2H2,1H3,(H,18,19). The van der Waals surface area contributed by atoms with Crippen LogP contribution in [0.3, 0.4) is 0 Å². The van der Waals surface area contributed by atoms with E-state index in [0.717, 1.165) is 6.07 Å². The predicted molar refractivity (Wildman–Crippen MR) is 65.3 cm³/mol. The first-order chi connectivity index (χ1) is 9.34. The Morgan fingerprint density at radius 1 is 1.35 bits per heavy atom. The number of benzene rings is 1. The molecule has 4 nitrogen and oxygen atoms in total. The van der Waals surface area contributed by atoms with E-state index in [-0.39, 0.29) is 16.6 Å². The number of nitrogens with one attached hydrogen (secondary N) is 1. The van der Waals surface area contributed by atoms with E-state index in [1.165, 1.54) is 6.07 Å². The van der Waals surface area contributed by atoms with Crippen molar-refractivity contribution in [2.24, 2.45) is 0 Å². The molecule has 0 aliphatic carbocycles. The van der Waals surface area contributed by atoms with Gasteiger partial charge in [-0.05, 0) is 18.6 Å². The summed E-state index contributed by atoms with van der Waals surface area (Å²) in [6.45, 7) is 1.78. The van der Waals surface area contributed by atoms with Gasteiger partial charge in [-0.1, -0.05) is 6.92 Å². The molecule has 0 aliphatic heterocycles. The van der Waals surface area contributed by atoms with Gasteiger partial charge in [-0.3, -0.25) is 4.79 Å². The van der Waals surface area contributed by atoms with Crippen molar-refractivity contribution in [3.63, 3.8) is 0 Å². The Balaban J connectivity index is 2.67. The number of halogens is 3. The van der Waals surface area contributed by atoms with Gasteiger partial charge in [0.05, 0.1) is 11.1 Å². The molecule has 1 aromatic heterocycles. The number of aryl methyl sites for hydroxylation is 1. The second-order valence-electron chi connectivity index (χ2n) is 4.07. The lowest BCUT2D eigenvalue weighted by Gasteiger charge is -2.11. The monoisotopic (exact) mass is 282 g/mol. The normalized spacial score (nSPS) is 11.3. The van der Waals surface area contributed by atoms with Crippen molar-refractivity contribution in [2.45, 2.75) is 19.7 Å². The average Bonchev–Trinajstić information content (AvgIpc) is 2.35. The van der Waals surface area contributed by atoms with E-state index in [1.54, 1.807) is 19.1 Å². The van der Waals surface area contributed by atoms with Gasteiger partial charge in [-0.25, -0.2) is 0 Å². The fraction of sp³-hybridized carbons (Fsp3) is 0.231. The molecule has 0 amide bonds. The Labute approximate surface area is 111 Å². The first-order valence-corrected chi connectivity index (χ1v) is 5.70. The number of pyridine rings is 1. The minimum absolute atomic E-state index is 0.186. The molecule has 0 unspecified atom stereocenters. The fourth-order valence-corrected chi connectivity index (χ4v) is 1.84. The first-order valence-electron chi connectivity index (χ1n) is 5.70. The van der Waals surface area contributed by atoms with Gasteiger partial charge >= 0.3 is 6.36 Å². The molecule has 0 radical (unpaired) electrons. The van der Waals surface area contributed by atoms with Crippen LogP contribution < -0.4 is 10.3 Å². The molecule has 0 aliphatic rings. The van der Waals surface area contributed by atoms with Crippen LogP contribution in [0.1, 0.15) is 18.1 Å². The van der Waals surface area contributed by atoms with Crippen LogP contribution in [-0.2, 0) is 6.42 Å². The van der Waals surface area contributed by atoms with Gasteiger partial charge in [0.15, 0.2) is 0 Å². The molecular weight excluding hydrogens is 273 g/mol. The van der Waals surface area contributed by atoms with Crippen molar-refractivity contribution >= 4 is 10.9 Å². The number of rotatable bonds is 2. The maximum atomic E-state index is 12.3. The smallest absolute Gasteiger partial charge is 0.404 e. The van der Waals surface area contributed by atoms with Crippen LogP contribution in [0.5, 0.6) is 5.75 Å². The van der Waals surface area contributed by atoms with E-state index in [1.807, 2.05) is 0 Å². The molecule has 2 aromatic rings. The fourth-order valence-electron chi connectivity index (χ4n) is 1.84. The Morgan fingerprint density at radius 3 is 2.60 bits per heavy atom. The molecule has 104 valence electrons. The zero-order valence-electron chi connectivity index (χ0n) is 10.3. The zero-order valence-corrected chi connectivity index (χ0v) is 10.3. The zero-order chi connectivity index (χ0) is 14.9. The molecule has 0 bridgehead atoms. The summed E-state index contributed by atoms with van der Waals surface area (Å²) >= 11 is 0. The third-order valence-corrected chi connectivity index (χ3v) is 2.75. The minimum atomic E-state index is -4.90. The molecular formula is C13H9F3N2O2. The molecule has 1 aromatic carbocycles. The Bertz CT molecular complexity index is 757. The third kappa shape index (κ3) is 2.74. The van der Waals surface area contributed by atoms with Crippen molar-refractivity contribution in [3.05, 3.63) is 39.7 Å². The van der Waals surface area contributed by atoms with Gasteiger partial charge in [0.1, 0.15) is 11.8 Å². The van der Waals surface area contributed by atoms with Crippen LogP contribution in [0, 0.1) is 11.3 Å². The first kappa shape index (κ1) is 13.9. The van der Waals surface area contributed by atoms with Gasteiger partial charge in [-0.15, -0.1) is 13.2 Å². The lowest BCUT2D eigenvalue weighted by atomic mass is 10.1. The molecule has 0 spiro atoms. The summed E-state index contributed by atoms with van der Waals surface area (Å²) in [4.78, 5) is 14.1. The van der Waals surface area contributed by atoms with E-state index in [0.29, 0.717) is 17.4 Å². The maximum absolute atomic E-state index is 12.3. The van der Waals surface area contributed by atoms with Crippen molar-refractivity contribution in [3.8, 4) is 11.8 Å². The number of nitriles is 1. The number of H-pyrrole nitrogens is 1. The third-order valence-electron chi connectivity index (χ3n) is 2.75. The lowest BCUT2D eigenvalue weighted by molar-refractivity contribution is -0.274. The summed E-state index contributed by atoms with van der Waals surface area (Å²) < 4.78 is 40.5. The number of fused-ring (bicyclic) bond motifs is 1. The number of aromatic nitrogens is 1. The van der Waals surface area contributed by atoms with E-state index in [4.69, 9.17) is 5.26 Å². The number of alkyl halides is 3. The van der Waals surface area contributed by atoms with Crippen LogP contribution in [0.2, 0.25) is 0 Å². The highest BCUT2D eigenvalue weighted by atomic mass is 19.4. The van der Waals surface area contributed by atoms with Gasteiger partial charge < -0.3 is 9.72 Å². The molecule has 0 fully saturated rings. The Hall–Kier alpha value is -2.49.